The Morgan fingerprint density at radius 2 is 1.14 bits per heavy atom. The van der Waals surface area contributed by atoms with Gasteiger partial charge in [-0.1, -0.05) is 60.7 Å². The van der Waals surface area contributed by atoms with Gasteiger partial charge in [-0.2, -0.15) is 0 Å². The fraction of sp³-hybridized carbons (Fsp3) is 0.100. The second-order valence-corrected chi connectivity index (χ2v) is 5.27. The largest absolute Gasteiger partial charge is 0.298 e. The summed E-state index contributed by atoms with van der Waals surface area (Å²) in [6.45, 7) is 1.65. The van der Waals surface area contributed by atoms with Crippen LogP contribution in [0.2, 0.25) is 0 Å². The lowest BCUT2D eigenvalue weighted by molar-refractivity contribution is -0.119. The zero-order chi connectivity index (χ0) is 15.4. The molecule has 2 heteroatoms. The number of benzene rings is 2. The molecule has 0 atom stereocenters. The van der Waals surface area contributed by atoms with Crippen molar-refractivity contribution in [3.8, 4) is 0 Å². The Balaban J connectivity index is 2.37. The van der Waals surface area contributed by atoms with Gasteiger partial charge in [0.25, 0.3) is 0 Å². The van der Waals surface area contributed by atoms with Crippen LogP contribution in [0.5, 0.6) is 0 Å². The molecule has 0 aliphatic rings. The molecule has 0 spiro atoms. The maximum atomic E-state index is 12.8. The molecule has 108 valence electrons. The van der Waals surface area contributed by atoms with E-state index in [2.05, 4.69) is 4.98 Å². The van der Waals surface area contributed by atoms with Gasteiger partial charge in [-0.15, -0.1) is 0 Å². The molecule has 3 aromatic rings. The zero-order valence-corrected chi connectivity index (χ0v) is 12.4. The summed E-state index contributed by atoms with van der Waals surface area (Å²) in [6, 6.07) is 23.7. The van der Waals surface area contributed by atoms with Gasteiger partial charge in [0.1, 0.15) is 11.2 Å². The number of carbonyl (C=O) groups excluding carboxylic acids is 1. The van der Waals surface area contributed by atoms with Crippen LogP contribution in [0.1, 0.15) is 23.6 Å². The lowest BCUT2D eigenvalue weighted by atomic mass is 9.67. The SMILES string of the molecule is CC(=O)C(c1ccccc1)(c1ccccc1)c1ccncc1. The summed E-state index contributed by atoms with van der Waals surface area (Å²) in [6.07, 6.45) is 3.47. The van der Waals surface area contributed by atoms with E-state index in [1.165, 1.54) is 0 Å². The smallest absolute Gasteiger partial charge is 0.149 e. The minimum Gasteiger partial charge on any atom is -0.298 e. The van der Waals surface area contributed by atoms with Crippen LogP contribution < -0.4 is 0 Å². The Bertz CT molecular complexity index is 655. The third-order valence-corrected chi connectivity index (χ3v) is 4.06. The van der Waals surface area contributed by atoms with Gasteiger partial charge in [0.05, 0.1) is 0 Å². The highest BCUT2D eigenvalue weighted by molar-refractivity contribution is 5.96. The van der Waals surface area contributed by atoms with Gasteiger partial charge in [-0.3, -0.25) is 9.78 Å². The van der Waals surface area contributed by atoms with Crippen molar-refractivity contribution in [2.75, 3.05) is 0 Å². The van der Waals surface area contributed by atoms with Crippen LogP contribution in [-0.4, -0.2) is 10.8 Å². The van der Waals surface area contributed by atoms with E-state index in [9.17, 15) is 4.79 Å². The van der Waals surface area contributed by atoms with Gasteiger partial charge in [-0.25, -0.2) is 0 Å². The Hall–Kier alpha value is -2.74. The zero-order valence-electron chi connectivity index (χ0n) is 12.4. The van der Waals surface area contributed by atoms with Crippen molar-refractivity contribution in [3.63, 3.8) is 0 Å². The fourth-order valence-electron chi connectivity index (χ4n) is 3.09. The number of Topliss-reactive ketones (excluding diaryl/α,β-unsaturated/α-hetero) is 1. The van der Waals surface area contributed by atoms with Crippen molar-refractivity contribution in [1.29, 1.82) is 0 Å². The fourth-order valence-corrected chi connectivity index (χ4v) is 3.09. The number of carbonyl (C=O) groups is 1. The summed E-state index contributed by atoms with van der Waals surface area (Å²) >= 11 is 0. The molecule has 0 unspecified atom stereocenters. The molecule has 22 heavy (non-hydrogen) atoms. The quantitative estimate of drug-likeness (QED) is 0.726. The van der Waals surface area contributed by atoms with Crippen molar-refractivity contribution in [3.05, 3.63) is 102 Å². The molecule has 0 radical (unpaired) electrons. The number of aromatic nitrogens is 1. The highest BCUT2D eigenvalue weighted by Crippen LogP contribution is 2.39. The monoisotopic (exact) mass is 287 g/mol. The topological polar surface area (TPSA) is 30.0 Å². The third kappa shape index (κ3) is 2.23. The number of hydrogen-bond acceptors (Lipinski definition) is 2. The van der Waals surface area contributed by atoms with Crippen molar-refractivity contribution >= 4 is 5.78 Å². The number of ketones is 1. The van der Waals surface area contributed by atoms with Crippen LogP contribution in [-0.2, 0) is 10.2 Å². The summed E-state index contributed by atoms with van der Waals surface area (Å²) in [5.41, 5.74) is 2.08. The van der Waals surface area contributed by atoms with Crippen LogP contribution in [0.4, 0.5) is 0 Å². The minimum absolute atomic E-state index is 0.0936. The maximum Gasteiger partial charge on any atom is 0.149 e. The van der Waals surface area contributed by atoms with E-state index < -0.39 is 5.41 Å². The molecule has 3 rings (SSSR count). The standard InChI is InChI=1S/C20H17NO/c1-16(22)20(17-8-4-2-5-9-17,18-10-6-3-7-11-18)19-12-14-21-15-13-19/h2-15H,1H3. The van der Waals surface area contributed by atoms with E-state index in [1.54, 1.807) is 19.3 Å². The van der Waals surface area contributed by atoms with E-state index >= 15 is 0 Å². The molecule has 0 saturated heterocycles. The van der Waals surface area contributed by atoms with Gasteiger partial charge in [0.15, 0.2) is 0 Å². The van der Waals surface area contributed by atoms with E-state index in [4.69, 9.17) is 0 Å². The average molecular weight is 287 g/mol. The minimum atomic E-state index is -0.800. The van der Waals surface area contributed by atoms with Gasteiger partial charge in [0.2, 0.25) is 0 Å². The number of nitrogens with zero attached hydrogens (tertiary/aromatic N) is 1. The second-order valence-electron chi connectivity index (χ2n) is 5.27. The molecule has 1 aromatic heterocycles. The van der Waals surface area contributed by atoms with E-state index in [-0.39, 0.29) is 5.78 Å². The number of hydrogen-bond donors (Lipinski definition) is 0. The van der Waals surface area contributed by atoms with Crippen LogP contribution in [0.15, 0.2) is 85.2 Å². The second kappa shape index (κ2) is 5.94. The van der Waals surface area contributed by atoms with E-state index in [0.29, 0.717) is 0 Å². The molecule has 0 aliphatic carbocycles. The highest BCUT2D eigenvalue weighted by atomic mass is 16.1. The van der Waals surface area contributed by atoms with Crippen molar-refractivity contribution in [2.24, 2.45) is 0 Å². The lowest BCUT2D eigenvalue weighted by Crippen LogP contribution is -2.36. The summed E-state index contributed by atoms with van der Waals surface area (Å²) in [5.74, 6) is 0.0936. The molecular formula is C20H17NO. The molecule has 2 aromatic carbocycles. The van der Waals surface area contributed by atoms with E-state index in [0.717, 1.165) is 16.7 Å². The molecule has 0 fully saturated rings. The van der Waals surface area contributed by atoms with Crippen LogP contribution in [0, 0.1) is 0 Å². The highest BCUT2D eigenvalue weighted by Gasteiger charge is 2.40. The summed E-state index contributed by atoms with van der Waals surface area (Å²) in [5, 5.41) is 0. The van der Waals surface area contributed by atoms with Gasteiger partial charge in [0, 0.05) is 12.4 Å². The first-order valence-electron chi connectivity index (χ1n) is 7.29. The van der Waals surface area contributed by atoms with Gasteiger partial charge in [-0.05, 0) is 35.7 Å². The van der Waals surface area contributed by atoms with Crippen LogP contribution in [0.25, 0.3) is 0 Å². The normalized spacial score (nSPS) is 11.1. The number of pyridine rings is 1. The third-order valence-electron chi connectivity index (χ3n) is 4.06. The lowest BCUT2D eigenvalue weighted by Gasteiger charge is -2.33. The Labute approximate surface area is 130 Å². The molecule has 1 heterocycles. The van der Waals surface area contributed by atoms with Crippen LogP contribution in [0.3, 0.4) is 0 Å². The first-order chi connectivity index (χ1) is 10.8. The summed E-state index contributed by atoms with van der Waals surface area (Å²) in [7, 11) is 0. The maximum absolute atomic E-state index is 12.8. The van der Waals surface area contributed by atoms with Crippen LogP contribution >= 0.6 is 0 Å². The summed E-state index contributed by atoms with van der Waals surface area (Å²) in [4.78, 5) is 16.9. The first kappa shape index (κ1) is 14.2. The predicted molar refractivity (Wildman–Crippen MR) is 87.7 cm³/mol. The molecule has 0 amide bonds. The first-order valence-corrected chi connectivity index (χ1v) is 7.29. The molecule has 0 N–H and O–H groups in total. The molecule has 0 bridgehead atoms. The van der Waals surface area contributed by atoms with Gasteiger partial charge < -0.3 is 0 Å². The van der Waals surface area contributed by atoms with Crippen molar-refractivity contribution in [2.45, 2.75) is 12.3 Å². The number of rotatable bonds is 4. The molecule has 0 aliphatic heterocycles. The summed E-state index contributed by atoms with van der Waals surface area (Å²) < 4.78 is 0. The molecule has 2 nitrogen and oxygen atoms in total. The van der Waals surface area contributed by atoms with E-state index in [1.807, 2.05) is 72.8 Å². The average Bonchev–Trinajstić information content (AvgIpc) is 2.58. The van der Waals surface area contributed by atoms with Crippen molar-refractivity contribution in [1.82, 2.24) is 4.98 Å². The van der Waals surface area contributed by atoms with Crippen molar-refractivity contribution < 1.29 is 4.79 Å². The Kier molecular flexibility index (Phi) is 3.84. The van der Waals surface area contributed by atoms with Gasteiger partial charge >= 0.3 is 0 Å². The predicted octanol–water partition coefficient (Wildman–Crippen LogP) is 4.01. The molecule has 0 saturated carbocycles. The molecular weight excluding hydrogens is 270 g/mol. The Morgan fingerprint density at radius 3 is 1.55 bits per heavy atom. The Morgan fingerprint density at radius 1 is 0.727 bits per heavy atom.